The van der Waals surface area contributed by atoms with Gasteiger partial charge in [0.15, 0.2) is 0 Å². The van der Waals surface area contributed by atoms with Gasteiger partial charge < -0.3 is 10.4 Å². The number of carbonyl (C=O) groups excluding carboxylic acids is 1. The summed E-state index contributed by atoms with van der Waals surface area (Å²) in [4.78, 5) is 12.8. The zero-order valence-electron chi connectivity index (χ0n) is 11.1. The molecule has 1 aliphatic carbocycles. The van der Waals surface area contributed by atoms with Crippen molar-refractivity contribution in [3.05, 3.63) is 41.4 Å². The number of amides is 1. The minimum Gasteiger partial charge on any atom is -0.396 e. The van der Waals surface area contributed by atoms with E-state index in [0.717, 1.165) is 16.3 Å². The third-order valence-corrected chi connectivity index (χ3v) is 4.69. The van der Waals surface area contributed by atoms with Crippen LogP contribution in [0, 0.1) is 5.92 Å². The van der Waals surface area contributed by atoms with Crippen molar-refractivity contribution in [3.8, 4) is 0 Å². The molecular weight excluding hydrogens is 294 g/mol. The molecular formula is C15H18ClNO2S. The fraction of sp³-hybridized carbons (Fsp3) is 0.400. The molecule has 0 saturated heterocycles. The van der Waals surface area contributed by atoms with E-state index in [4.69, 9.17) is 16.7 Å². The number of aliphatic hydroxyl groups excluding tert-OH is 1. The summed E-state index contributed by atoms with van der Waals surface area (Å²) < 4.78 is 0. The number of thioether (sulfide) groups is 1. The smallest absolute Gasteiger partial charge is 0.221 e. The Morgan fingerprint density at radius 2 is 2.20 bits per heavy atom. The average Bonchev–Trinajstić information content (AvgIpc) is 2.88. The van der Waals surface area contributed by atoms with Crippen molar-refractivity contribution < 1.29 is 9.90 Å². The second-order valence-electron chi connectivity index (χ2n) is 4.77. The van der Waals surface area contributed by atoms with E-state index in [1.807, 2.05) is 36.4 Å². The average molecular weight is 312 g/mol. The lowest BCUT2D eigenvalue weighted by Gasteiger charge is -2.12. The minimum absolute atomic E-state index is 0.0396. The van der Waals surface area contributed by atoms with Gasteiger partial charge in [0.1, 0.15) is 0 Å². The molecule has 0 heterocycles. The monoisotopic (exact) mass is 311 g/mol. The van der Waals surface area contributed by atoms with Crippen molar-refractivity contribution in [3.63, 3.8) is 0 Å². The summed E-state index contributed by atoms with van der Waals surface area (Å²) in [5, 5.41) is 12.7. The standard InChI is InChI=1S/C15H18ClNO2S/c16-13-3-1-2-4-14(13)20-8-7-15(19)17-12-6-5-11(9-12)10-18/h1-6,11-12,18H,7-10H2,(H,17,19)/t11-,12+/m0/s1. The Bertz CT molecular complexity index is 493. The van der Waals surface area contributed by atoms with Crippen LogP contribution >= 0.6 is 23.4 Å². The summed E-state index contributed by atoms with van der Waals surface area (Å²) in [7, 11) is 0. The molecule has 1 aromatic carbocycles. The van der Waals surface area contributed by atoms with Crippen LogP contribution in [0.2, 0.25) is 5.02 Å². The lowest BCUT2D eigenvalue weighted by molar-refractivity contribution is -0.121. The van der Waals surface area contributed by atoms with E-state index in [1.165, 1.54) is 0 Å². The fourth-order valence-electron chi connectivity index (χ4n) is 2.11. The molecule has 0 fully saturated rings. The van der Waals surface area contributed by atoms with Crippen LogP contribution in [0.15, 0.2) is 41.3 Å². The fourth-order valence-corrected chi connectivity index (χ4v) is 3.30. The highest BCUT2D eigenvalue weighted by atomic mass is 35.5. The van der Waals surface area contributed by atoms with Crippen molar-refractivity contribution >= 4 is 29.3 Å². The van der Waals surface area contributed by atoms with Gasteiger partial charge in [-0.1, -0.05) is 35.9 Å². The molecule has 1 aliphatic rings. The van der Waals surface area contributed by atoms with Gasteiger partial charge in [-0.3, -0.25) is 4.79 Å². The molecule has 0 saturated carbocycles. The Labute approximate surface area is 128 Å². The van der Waals surface area contributed by atoms with Crippen LogP contribution in [-0.4, -0.2) is 29.4 Å². The van der Waals surface area contributed by atoms with Crippen LogP contribution in [0.1, 0.15) is 12.8 Å². The van der Waals surface area contributed by atoms with Gasteiger partial charge in [0, 0.05) is 35.6 Å². The SMILES string of the molecule is O=C(CCSc1ccccc1Cl)N[C@@H]1C=C[C@H](CO)C1. The molecule has 3 nitrogen and oxygen atoms in total. The first-order chi connectivity index (χ1) is 9.69. The van der Waals surface area contributed by atoms with Crippen LogP contribution in [0.4, 0.5) is 0 Å². The van der Waals surface area contributed by atoms with Crippen LogP contribution in [-0.2, 0) is 4.79 Å². The van der Waals surface area contributed by atoms with Crippen LogP contribution in [0.5, 0.6) is 0 Å². The van der Waals surface area contributed by atoms with Gasteiger partial charge in [0.2, 0.25) is 5.91 Å². The second kappa shape index (κ2) is 7.72. The third kappa shape index (κ3) is 4.54. The Hall–Kier alpha value is -0.970. The highest BCUT2D eigenvalue weighted by Gasteiger charge is 2.19. The lowest BCUT2D eigenvalue weighted by Crippen LogP contribution is -2.33. The summed E-state index contributed by atoms with van der Waals surface area (Å²) in [5.74, 6) is 0.922. The minimum atomic E-state index is 0.0396. The molecule has 0 unspecified atom stereocenters. The largest absolute Gasteiger partial charge is 0.396 e. The number of hydrogen-bond donors (Lipinski definition) is 2. The van der Waals surface area contributed by atoms with E-state index in [-0.39, 0.29) is 24.5 Å². The summed E-state index contributed by atoms with van der Waals surface area (Å²) in [6.45, 7) is 0.144. The van der Waals surface area contributed by atoms with Gasteiger partial charge in [-0.15, -0.1) is 11.8 Å². The van der Waals surface area contributed by atoms with Gasteiger partial charge in [-0.2, -0.15) is 0 Å². The van der Waals surface area contributed by atoms with Gasteiger partial charge >= 0.3 is 0 Å². The number of aliphatic hydroxyl groups is 1. The Morgan fingerprint density at radius 1 is 1.40 bits per heavy atom. The van der Waals surface area contributed by atoms with Crippen molar-refractivity contribution in [2.45, 2.75) is 23.8 Å². The van der Waals surface area contributed by atoms with E-state index in [1.54, 1.807) is 11.8 Å². The first kappa shape index (κ1) is 15.4. The summed E-state index contributed by atoms with van der Waals surface area (Å²) in [6.07, 6.45) is 5.17. The van der Waals surface area contributed by atoms with Gasteiger partial charge in [0.25, 0.3) is 0 Å². The number of benzene rings is 1. The highest BCUT2D eigenvalue weighted by Crippen LogP contribution is 2.27. The van der Waals surface area contributed by atoms with Crippen LogP contribution in [0.3, 0.4) is 0 Å². The Morgan fingerprint density at radius 3 is 2.90 bits per heavy atom. The lowest BCUT2D eigenvalue weighted by atomic mass is 10.1. The normalized spacial score (nSPS) is 21.1. The Balaban J connectivity index is 1.69. The van der Waals surface area contributed by atoms with E-state index < -0.39 is 0 Å². The van der Waals surface area contributed by atoms with Crippen LogP contribution < -0.4 is 5.32 Å². The summed E-state index contributed by atoms with van der Waals surface area (Å²) >= 11 is 7.64. The first-order valence-electron chi connectivity index (χ1n) is 6.65. The molecule has 2 rings (SSSR count). The zero-order valence-corrected chi connectivity index (χ0v) is 12.7. The third-order valence-electron chi connectivity index (χ3n) is 3.18. The molecule has 0 bridgehead atoms. The number of hydrogen-bond acceptors (Lipinski definition) is 3. The quantitative estimate of drug-likeness (QED) is 0.627. The van der Waals surface area contributed by atoms with E-state index >= 15 is 0 Å². The molecule has 5 heteroatoms. The van der Waals surface area contributed by atoms with Crippen molar-refractivity contribution in [1.82, 2.24) is 5.32 Å². The predicted octanol–water partition coefficient (Wildman–Crippen LogP) is 2.88. The number of nitrogens with one attached hydrogen (secondary N) is 1. The Kier molecular flexibility index (Phi) is 5.95. The van der Waals surface area contributed by atoms with E-state index in [9.17, 15) is 4.79 Å². The topological polar surface area (TPSA) is 49.3 Å². The summed E-state index contributed by atoms with van der Waals surface area (Å²) in [5.41, 5.74) is 0. The van der Waals surface area contributed by atoms with Crippen molar-refractivity contribution in [2.75, 3.05) is 12.4 Å². The van der Waals surface area contributed by atoms with E-state index in [2.05, 4.69) is 5.32 Å². The number of carbonyl (C=O) groups is 1. The molecule has 0 aliphatic heterocycles. The first-order valence-corrected chi connectivity index (χ1v) is 8.01. The van der Waals surface area contributed by atoms with Crippen molar-refractivity contribution in [2.24, 2.45) is 5.92 Å². The van der Waals surface area contributed by atoms with E-state index in [0.29, 0.717) is 12.2 Å². The van der Waals surface area contributed by atoms with Gasteiger partial charge in [-0.25, -0.2) is 0 Å². The maximum absolute atomic E-state index is 11.8. The van der Waals surface area contributed by atoms with Crippen molar-refractivity contribution in [1.29, 1.82) is 0 Å². The molecule has 1 aromatic rings. The molecule has 2 N–H and O–H groups in total. The molecule has 0 aromatic heterocycles. The molecule has 1 amide bonds. The summed E-state index contributed by atoms with van der Waals surface area (Å²) in [6, 6.07) is 7.69. The maximum atomic E-state index is 11.8. The molecule has 0 spiro atoms. The van der Waals surface area contributed by atoms with Gasteiger partial charge in [0.05, 0.1) is 5.02 Å². The highest BCUT2D eigenvalue weighted by molar-refractivity contribution is 7.99. The number of halogens is 1. The molecule has 0 radical (unpaired) electrons. The van der Waals surface area contributed by atoms with Gasteiger partial charge in [-0.05, 0) is 18.6 Å². The number of rotatable bonds is 6. The molecule has 2 atom stereocenters. The zero-order chi connectivity index (χ0) is 14.4. The molecule has 108 valence electrons. The maximum Gasteiger partial charge on any atom is 0.221 e. The molecule has 20 heavy (non-hydrogen) atoms. The predicted molar refractivity (Wildman–Crippen MR) is 83.1 cm³/mol. The van der Waals surface area contributed by atoms with Crippen LogP contribution in [0.25, 0.3) is 0 Å². The second-order valence-corrected chi connectivity index (χ2v) is 6.31.